The first-order chi connectivity index (χ1) is 11.8. The number of nitrogens with zero attached hydrogens (tertiary/aromatic N) is 1. The number of benzene rings is 1. The van der Waals surface area contributed by atoms with Crippen LogP contribution in [-0.2, 0) is 10.9 Å². The van der Waals surface area contributed by atoms with E-state index in [1.165, 1.54) is 23.5 Å². The van der Waals surface area contributed by atoms with E-state index in [-0.39, 0.29) is 12.0 Å². The van der Waals surface area contributed by atoms with Gasteiger partial charge >= 0.3 is 6.18 Å². The Bertz CT molecular complexity index is 750. The fourth-order valence-electron chi connectivity index (χ4n) is 2.62. The first-order valence-electron chi connectivity index (χ1n) is 7.89. The van der Waals surface area contributed by atoms with Crippen LogP contribution < -0.4 is 5.32 Å². The van der Waals surface area contributed by atoms with Gasteiger partial charge in [-0.05, 0) is 31.9 Å². The molecule has 2 aromatic rings. The van der Waals surface area contributed by atoms with Gasteiger partial charge in [0.2, 0.25) is 0 Å². The van der Waals surface area contributed by atoms with E-state index < -0.39 is 11.7 Å². The second-order valence-electron chi connectivity index (χ2n) is 5.85. The van der Waals surface area contributed by atoms with Crippen LogP contribution in [0.2, 0.25) is 0 Å². The van der Waals surface area contributed by atoms with Crippen molar-refractivity contribution >= 4 is 17.2 Å². The number of thiazole rings is 1. The Morgan fingerprint density at radius 2 is 2.08 bits per heavy atom. The highest BCUT2D eigenvalue weighted by Gasteiger charge is 2.30. The summed E-state index contributed by atoms with van der Waals surface area (Å²) in [5.74, 6) is -0.233. The van der Waals surface area contributed by atoms with Gasteiger partial charge < -0.3 is 10.1 Å². The van der Waals surface area contributed by atoms with Crippen LogP contribution >= 0.6 is 11.3 Å². The minimum absolute atomic E-state index is 0.0477. The highest BCUT2D eigenvalue weighted by molar-refractivity contribution is 7.17. The smallest absolute Gasteiger partial charge is 0.376 e. The molecule has 1 aliphatic rings. The zero-order valence-electron chi connectivity index (χ0n) is 13.5. The summed E-state index contributed by atoms with van der Waals surface area (Å²) in [7, 11) is 0. The lowest BCUT2D eigenvalue weighted by molar-refractivity contribution is -0.137. The molecular formula is C17H17F3N2O2S. The summed E-state index contributed by atoms with van der Waals surface area (Å²) in [6, 6.07) is 4.77. The van der Waals surface area contributed by atoms with E-state index in [2.05, 4.69) is 10.3 Å². The number of amides is 1. The van der Waals surface area contributed by atoms with Gasteiger partial charge in [0.25, 0.3) is 5.91 Å². The molecule has 25 heavy (non-hydrogen) atoms. The van der Waals surface area contributed by atoms with Gasteiger partial charge in [-0.3, -0.25) is 4.79 Å². The molecule has 0 unspecified atom stereocenters. The molecule has 1 aromatic heterocycles. The van der Waals surface area contributed by atoms with Crippen LogP contribution in [0, 0.1) is 6.92 Å². The molecule has 1 N–H and O–H groups in total. The molecule has 1 amide bonds. The van der Waals surface area contributed by atoms with Crippen LogP contribution in [0.5, 0.6) is 0 Å². The number of aromatic nitrogens is 1. The maximum Gasteiger partial charge on any atom is 0.416 e. The molecule has 2 heterocycles. The van der Waals surface area contributed by atoms with Crippen molar-refractivity contribution < 1.29 is 22.7 Å². The molecule has 1 atom stereocenters. The maximum atomic E-state index is 12.6. The number of alkyl halides is 3. The third kappa shape index (κ3) is 4.19. The number of carbonyl (C=O) groups is 1. The summed E-state index contributed by atoms with van der Waals surface area (Å²) >= 11 is 1.17. The quantitative estimate of drug-likeness (QED) is 0.884. The fourth-order valence-corrected chi connectivity index (χ4v) is 3.61. The molecular weight excluding hydrogens is 353 g/mol. The number of rotatable bonds is 4. The Balaban J connectivity index is 1.72. The van der Waals surface area contributed by atoms with Crippen LogP contribution in [0.25, 0.3) is 10.6 Å². The summed E-state index contributed by atoms with van der Waals surface area (Å²) in [5.41, 5.74) is 0.406. The van der Waals surface area contributed by atoms with Crippen molar-refractivity contribution in [1.82, 2.24) is 10.3 Å². The van der Waals surface area contributed by atoms with E-state index in [9.17, 15) is 18.0 Å². The van der Waals surface area contributed by atoms with Crippen LogP contribution in [0.3, 0.4) is 0 Å². The SMILES string of the molecule is Cc1nc(-c2ccc(C(F)(F)F)cc2)sc1C(=O)NC[C@@H]1CCCO1. The highest BCUT2D eigenvalue weighted by Crippen LogP contribution is 2.33. The van der Waals surface area contributed by atoms with Crippen molar-refractivity contribution in [1.29, 1.82) is 0 Å². The van der Waals surface area contributed by atoms with E-state index in [1.54, 1.807) is 6.92 Å². The zero-order valence-corrected chi connectivity index (χ0v) is 14.3. The van der Waals surface area contributed by atoms with Crippen LogP contribution in [0.1, 0.15) is 33.8 Å². The summed E-state index contributed by atoms with van der Waals surface area (Å²) in [5, 5.41) is 3.35. The monoisotopic (exact) mass is 370 g/mol. The molecule has 8 heteroatoms. The van der Waals surface area contributed by atoms with Crippen LogP contribution in [-0.4, -0.2) is 30.1 Å². The lowest BCUT2D eigenvalue weighted by atomic mass is 10.1. The molecule has 0 bridgehead atoms. The molecule has 3 rings (SSSR count). The molecule has 134 valence electrons. The lowest BCUT2D eigenvalue weighted by Gasteiger charge is -2.09. The normalized spacial score (nSPS) is 17.7. The molecule has 1 fully saturated rings. The highest BCUT2D eigenvalue weighted by atomic mass is 32.1. The Morgan fingerprint density at radius 3 is 2.68 bits per heavy atom. The van der Waals surface area contributed by atoms with Gasteiger partial charge in [0, 0.05) is 18.7 Å². The Hall–Kier alpha value is -1.93. The Labute approximate surface area is 147 Å². The second kappa shape index (κ2) is 7.13. The van der Waals surface area contributed by atoms with Crippen molar-refractivity contribution in [3.05, 3.63) is 40.4 Å². The summed E-state index contributed by atoms with van der Waals surface area (Å²) in [4.78, 5) is 17.1. The molecule has 0 saturated carbocycles. The fraction of sp³-hybridized carbons (Fsp3) is 0.412. The van der Waals surface area contributed by atoms with E-state index in [1.807, 2.05) is 0 Å². The van der Waals surface area contributed by atoms with Gasteiger partial charge in [0.05, 0.1) is 17.4 Å². The molecule has 1 aliphatic heterocycles. The number of halogens is 3. The Morgan fingerprint density at radius 1 is 1.36 bits per heavy atom. The van der Waals surface area contributed by atoms with Crippen molar-refractivity contribution in [2.45, 2.75) is 32.0 Å². The summed E-state index contributed by atoms with van der Waals surface area (Å²) < 4.78 is 43.4. The van der Waals surface area contributed by atoms with Gasteiger partial charge in [0.1, 0.15) is 9.88 Å². The lowest BCUT2D eigenvalue weighted by Crippen LogP contribution is -2.31. The van der Waals surface area contributed by atoms with Gasteiger partial charge in [-0.15, -0.1) is 11.3 Å². The largest absolute Gasteiger partial charge is 0.416 e. The van der Waals surface area contributed by atoms with Crippen molar-refractivity contribution in [3.8, 4) is 10.6 Å². The first kappa shape index (κ1) is 17.9. The standard InChI is InChI=1S/C17H17F3N2O2S/c1-10-14(15(23)21-9-13-3-2-8-24-13)25-16(22-10)11-4-6-12(7-5-11)17(18,19)20/h4-7,13H,2-3,8-9H2,1H3,(H,21,23)/t13-/m0/s1. The van der Waals surface area contributed by atoms with Crippen molar-refractivity contribution in [3.63, 3.8) is 0 Å². The van der Waals surface area contributed by atoms with E-state index in [0.29, 0.717) is 27.7 Å². The molecule has 1 saturated heterocycles. The number of hydrogen-bond acceptors (Lipinski definition) is 4. The van der Waals surface area contributed by atoms with E-state index >= 15 is 0 Å². The van der Waals surface area contributed by atoms with Gasteiger partial charge in [-0.2, -0.15) is 13.2 Å². The predicted molar refractivity (Wildman–Crippen MR) is 88.6 cm³/mol. The average molecular weight is 370 g/mol. The topological polar surface area (TPSA) is 51.2 Å². The Kier molecular flexibility index (Phi) is 5.10. The van der Waals surface area contributed by atoms with Crippen LogP contribution in [0.15, 0.2) is 24.3 Å². The van der Waals surface area contributed by atoms with Crippen molar-refractivity contribution in [2.75, 3.05) is 13.2 Å². The molecule has 4 nitrogen and oxygen atoms in total. The molecule has 0 radical (unpaired) electrons. The zero-order chi connectivity index (χ0) is 18.0. The van der Waals surface area contributed by atoms with Crippen LogP contribution in [0.4, 0.5) is 13.2 Å². The second-order valence-corrected chi connectivity index (χ2v) is 6.85. The minimum Gasteiger partial charge on any atom is -0.376 e. The average Bonchev–Trinajstić information content (AvgIpc) is 3.21. The third-order valence-electron chi connectivity index (χ3n) is 3.98. The van der Waals surface area contributed by atoms with Crippen molar-refractivity contribution in [2.24, 2.45) is 0 Å². The third-order valence-corrected chi connectivity index (χ3v) is 5.18. The van der Waals surface area contributed by atoms with Gasteiger partial charge in [-0.25, -0.2) is 4.98 Å². The van der Waals surface area contributed by atoms with E-state index in [0.717, 1.165) is 31.6 Å². The number of carbonyl (C=O) groups excluding carboxylic acids is 1. The maximum absolute atomic E-state index is 12.6. The van der Waals surface area contributed by atoms with Gasteiger partial charge in [-0.1, -0.05) is 12.1 Å². The number of ether oxygens (including phenoxy) is 1. The van der Waals surface area contributed by atoms with E-state index in [4.69, 9.17) is 4.74 Å². The summed E-state index contributed by atoms with van der Waals surface area (Å²) in [6.45, 7) is 2.88. The molecule has 1 aromatic carbocycles. The summed E-state index contributed by atoms with van der Waals surface area (Å²) in [6.07, 6.45) is -2.40. The number of nitrogens with one attached hydrogen (secondary N) is 1. The predicted octanol–water partition coefficient (Wildman–Crippen LogP) is 4.05. The molecule has 0 spiro atoms. The van der Waals surface area contributed by atoms with Gasteiger partial charge in [0.15, 0.2) is 0 Å². The first-order valence-corrected chi connectivity index (χ1v) is 8.71. The number of hydrogen-bond donors (Lipinski definition) is 1. The number of aryl methyl sites for hydroxylation is 1. The molecule has 0 aliphatic carbocycles. The minimum atomic E-state index is -4.37.